The fraction of sp³-hybridized carbons (Fsp3) is 0.917. The van der Waals surface area contributed by atoms with Gasteiger partial charge in [-0.05, 0) is 31.6 Å². The first-order chi connectivity index (χ1) is 7.36. The molecule has 3 heteroatoms. The van der Waals surface area contributed by atoms with Crippen molar-refractivity contribution in [3.63, 3.8) is 0 Å². The fourth-order valence-electron chi connectivity index (χ4n) is 3.76. The van der Waals surface area contributed by atoms with Gasteiger partial charge in [-0.3, -0.25) is 9.69 Å². The first-order valence-electron chi connectivity index (χ1n) is 6.40. The van der Waals surface area contributed by atoms with Gasteiger partial charge in [0.15, 0.2) is 0 Å². The molecule has 2 saturated heterocycles. The van der Waals surface area contributed by atoms with E-state index in [1.807, 2.05) is 0 Å². The van der Waals surface area contributed by atoms with E-state index in [0.717, 1.165) is 31.5 Å². The quantitative estimate of drug-likeness (QED) is 0.647. The van der Waals surface area contributed by atoms with E-state index in [1.54, 1.807) is 0 Å². The van der Waals surface area contributed by atoms with E-state index in [1.165, 1.54) is 32.1 Å². The summed E-state index contributed by atoms with van der Waals surface area (Å²) >= 11 is 0. The van der Waals surface area contributed by atoms with Gasteiger partial charge < -0.3 is 5.32 Å². The maximum atomic E-state index is 11.8. The molecule has 0 aromatic heterocycles. The summed E-state index contributed by atoms with van der Waals surface area (Å²) in [6, 6.07) is 0.932. The summed E-state index contributed by atoms with van der Waals surface area (Å²) in [5, 5.41) is 3.00. The normalized spacial score (nSPS) is 41.6. The van der Waals surface area contributed by atoms with Gasteiger partial charge in [-0.1, -0.05) is 12.8 Å². The molecule has 3 nitrogen and oxygen atoms in total. The van der Waals surface area contributed by atoms with Crippen molar-refractivity contribution in [2.45, 2.75) is 50.6 Å². The van der Waals surface area contributed by atoms with Crippen LogP contribution >= 0.6 is 0 Å². The molecule has 1 aliphatic carbocycles. The first-order valence-corrected chi connectivity index (χ1v) is 6.40. The van der Waals surface area contributed by atoms with Gasteiger partial charge in [0.1, 0.15) is 0 Å². The number of rotatable bonds is 0. The Kier molecular flexibility index (Phi) is 2.43. The maximum Gasteiger partial charge on any atom is 0.237 e. The molecule has 2 heterocycles. The lowest BCUT2D eigenvalue weighted by molar-refractivity contribution is -0.134. The average Bonchev–Trinajstić information content (AvgIpc) is 2.29. The number of carbonyl (C=O) groups excluding carboxylic acids is 1. The number of amides is 1. The van der Waals surface area contributed by atoms with E-state index in [4.69, 9.17) is 0 Å². The van der Waals surface area contributed by atoms with E-state index < -0.39 is 0 Å². The summed E-state index contributed by atoms with van der Waals surface area (Å²) in [6.45, 7) is 1.94. The van der Waals surface area contributed by atoms with Crippen LogP contribution in [0.15, 0.2) is 0 Å². The molecule has 1 N–H and O–H groups in total. The zero-order chi connectivity index (χ0) is 10.3. The second-order valence-electron chi connectivity index (χ2n) is 5.23. The van der Waals surface area contributed by atoms with Crippen LogP contribution in [0.2, 0.25) is 0 Å². The third kappa shape index (κ3) is 1.57. The van der Waals surface area contributed by atoms with Crippen LogP contribution in [0.1, 0.15) is 38.5 Å². The molecular weight excluding hydrogens is 188 g/mol. The average molecular weight is 208 g/mol. The molecule has 0 spiro atoms. The van der Waals surface area contributed by atoms with Crippen molar-refractivity contribution in [1.82, 2.24) is 10.2 Å². The second kappa shape index (κ2) is 3.78. The van der Waals surface area contributed by atoms with Crippen molar-refractivity contribution in [2.24, 2.45) is 5.92 Å². The highest BCUT2D eigenvalue weighted by molar-refractivity contribution is 5.82. The highest BCUT2D eigenvalue weighted by Crippen LogP contribution is 2.38. The third-order valence-electron chi connectivity index (χ3n) is 4.48. The van der Waals surface area contributed by atoms with Gasteiger partial charge in [0, 0.05) is 19.1 Å². The number of carbonyl (C=O) groups is 1. The number of hydrogen-bond donors (Lipinski definition) is 1. The molecule has 0 aromatic rings. The fourth-order valence-corrected chi connectivity index (χ4v) is 3.76. The zero-order valence-electron chi connectivity index (χ0n) is 9.24. The van der Waals surface area contributed by atoms with Crippen LogP contribution in [0.3, 0.4) is 0 Å². The highest BCUT2D eigenvalue weighted by Gasteiger charge is 2.42. The molecule has 84 valence electrons. The van der Waals surface area contributed by atoms with E-state index in [2.05, 4.69) is 10.2 Å². The number of piperidine rings is 1. The Morgan fingerprint density at radius 2 is 2.00 bits per heavy atom. The van der Waals surface area contributed by atoms with Crippen LogP contribution in [0.4, 0.5) is 0 Å². The predicted molar refractivity (Wildman–Crippen MR) is 58.5 cm³/mol. The van der Waals surface area contributed by atoms with Crippen LogP contribution < -0.4 is 5.32 Å². The third-order valence-corrected chi connectivity index (χ3v) is 4.48. The van der Waals surface area contributed by atoms with Gasteiger partial charge in [0.05, 0.1) is 6.04 Å². The maximum absolute atomic E-state index is 11.8. The molecule has 1 saturated carbocycles. The lowest BCUT2D eigenvalue weighted by Gasteiger charge is -2.49. The Balaban J connectivity index is 1.79. The Morgan fingerprint density at radius 1 is 1.13 bits per heavy atom. The van der Waals surface area contributed by atoms with Gasteiger partial charge in [-0.2, -0.15) is 0 Å². The number of fused-ring (bicyclic) bond motifs is 3. The van der Waals surface area contributed by atoms with Gasteiger partial charge in [0.2, 0.25) is 5.91 Å². The summed E-state index contributed by atoms with van der Waals surface area (Å²) in [5.41, 5.74) is 0. The Bertz CT molecular complexity index is 266. The van der Waals surface area contributed by atoms with Crippen LogP contribution in [0, 0.1) is 5.92 Å². The predicted octanol–water partition coefficient (Wildman–Crippen LogP) is 1.14. The number of piperazine rings is 1. The molecule has 0 bridgehead atoms. The smallest absolute Gasteiger partial charge is 0.237 e. The van der Waals surface area contributed by atoms with E-state index in [9.17, 15) is 4.79 Å². The van der Waals surface area contributed by atoms with Gasteiger partial charge in [-0.15, -0.1) is 0 Å². The minimum atomic E-state index is 0.207. The molecule has 0 radical (unpaired) electrons. The lowest BCUT2D eigenvalue weighted by Crippen LogP contribution is -2.62. The van der Waals surface area contributed by atoms with Crippen molar-refractivity contribution < 1.29 is 4.79 Å². The highest BCUT2D eigenvalue weighted by atomic mass is 16.2. The van der Waals surface area contributed by atoms with Crippen LogP contribution in [-0.4, -0.2) is 36.0 Å². The Hall–Kier alpha value is -0.570. The molecular formula is C12H20N2O. The van der Waals surface area contributed by atoms with E-state index >= 15 is 0 Å². The number of hydrogen-bond acceptors (Lipinski definition) is 2. The molecule has 3 fully saturated rings. The Morgan fingerprint density at radius 3 is 2.93 bits per heavy atom. The standard InChI is InChI=1S/C12H20N2O/c15-12-11-6-5-9-3-1-2-4-10(9)14(11)8-7-13-12/h9-11H,1-8H2,(H,13,15). The van der Waals surface area contributed by atoms with Crippen molar-refractivity contribution >= 4 is 5.91 Å². The summed E-state index contributed by atoms with van der Waals surface area (Å²) < 4.78 is 0. The van der Waals surface area contributed by atoms with Crippen LogP contribution in [0.5, 0.6) is 0 Å². The monoisotopic (exact) mass is 208 g/mol. The number of nitrogens with one attached hydrogen (secondary N) is 1. The SMILES string of the molecule is O=C1NCCN2C1CCC1CCCCC12. The van der Waals surface area contributed by atoms with Gasteiger partial charge in [0.25, 0.3) is 0 Å². The van der Waals surface area contributed by atoms with E-state index in [-0.39, 0.29) is 11.9 Å². The summed E-state index contributed by atoms with van der Waals surface area (Å²) in [4.78, 5) is 14.3. The molecule has 1 amide bonds. The van der Waals surface area contributed by atoms with Crippen molar-refractivity contribution in [3.05, 3.63) is 0 Å². The number of nitrogens with zero attached hydrogens (tertiary/aromatic N) is 1. The van der Waals surface area contributed by atoms with Crippen LogP contribution in [0.25, 0.3) is 0 Å². The minimum Gasteiger partial charge on any atom is -0.353 e. The molecule has 3 aliphatic rings. The van der Waals surface area contributed by atoms with E-state index in [0.29, 0.717) is 0 Å². The van der Waals surface area contributed by atoms with Crippen molar-refractivity contribution in [1.29, 1.82) is 0 Å². The molecule has 3 atom stereocenters. The zero-order valence-corrected chi connectivity index (χ0v) is 9.24. The summed E-state index contributed by atoms with van der Waals surface area (Å²) in [5.74, 6) is 1.17. The van der Waals surface area contributed by atoms with Crippen molar-refractivity contribution in [2.75, 3.05) is 13.1 Å². The Labute approximate surface area is 91.2 Å². The summed E-state index contributed by atoms with van der Waals surface area (Å²) in [6.07, 6.45) is 7.87. The van der Waals surface area contributed by atoms with Gasteiger partial charge in [-0.25, -0.2) is 0 Å². The molecule has 2 aliphatic heterocycles. The second-order valence-corrected chi connectivity index (χ2v) is 5.23. The molecule has 15 heavy (non-hydrogen) atoms. The molecule has 0 aromatic carbocycles. The molecule has 3 rings (SSSR count). The van der Waals surface area contributed by atoms with Crippen molar-refractivity contribution in [3.8, 4) is 0 Å². The largest absolute Gasteiger partial charge is 0.353 e. The first kappa shape index (κ1) is 9.64. The lowest BCUT2D eigenvalue weighted by atomic mass is 9.76. The minimum absolute atomic E-state index is 0.207. The molecule has 3 unspecified atom stereocenters. The van der Waals surface area contributed by atoms with Crippen LogP contribution in [-0.2, 0) is 4.79 Å². The topological polar surface area (TPSA) is 32.3 Å². The summed E-state index contributed by atoms with van der Waals surface area (Å²) in [7, 11) is 0. The van der Waals surface area contributed by atoms with Gasteiger partial charge >= 0.3 is 0 Å².